The third-order valence-electron chi connectivity index (χ3n) is 3.88. The standard InChI is InChI=1S/C21H16AsN/c1-3-9-18(10-4-1)22(19-11-5-2-6-12-19)20-14-13-17-8-7-15-23-21(17)16-20/h1-16H. The second kappa shape index (κ2) is 6.40. The summed E-state index contributed by atoms with van der Waals surface area (Å²) in [7, 11) is 0. The average Bonchev–Trinajstić information content (AvgIpc) is 2.64. The molecule has 4 aromatic rings. The third kappa shape index (κ3) is 2.93. The molecule has 0 spiro atoms. The maximum absolute atomic E-state index is 4.53. The zero-order chi connectivity index (χ0) is 15.5. The first-order valence-corrected chi connectivity index (χ1v) is 10.5. The van der Waals surface area contributed by atoms with E-state index in [9.17, 15) is 0 Å². The van der Waals surface area contributed by atoms with Crippen LogP contribution in [0.15, 0.2) is 97.2 Å². The van der Waals surface area contributed by atoms with Crippen LogP contribution in [0.25, 0.3) is 10.9 Å². The number of pyridine rings is 1. The van der Waals surface area contributed by atoms with Gasteiger partial charge in [0.25, 0.3) is 0 Å². The van der Waals surface area contributed by atoms with E-state index in [1.165, 1.54) is 18.4 Å². The van der Waals surface area contributed by atoms with Gasteiger partial charge in [0.2, 0.25) is 0 Å². The molecule has 1 aromatic heterocycles. The topological polar surface area (TPSA) is 12.9 Å². The van der Waals surface area contributed by atoms with Crippen LogP contribution >= 0.6 is 0 Å². The molecule has 2 heteroatoms. The predicted octanol–water partition coefficient (Wildman–Crippen LogP) is 2.75. The molecule has 4 rings (SSSR count). The van der Waals surface area contributed by atoms with E-state index < -0.39 is 14.7 Å². The van der Waals surface area contributed by atoms with Crippen LogP contribution in [0.5, 0.6) is 0 Å². The van der Waals surface area contributed by atoms with Crippen molar-refractivity contribution in [3.8, 4) is 0 Å². The molecule has 1 heterocycles. The zero-order valence-corrected chi connectivity index (χ0v) is 14.5. The number of aromatic nitrogens is 1. The number of benzene rings is 3. The number of hydrogen-bond donors (Lipinski definition) is 0. The fourth-order valence-electron chi connectivity index (χ4n) is 2.80. The summed E-state index contributed by atoms with van der Waals surface area (Å²) < 4.78 is 4.31. The third-order valence-corrected chi connectivity index (χ3v) is 8.96. The van der Waals surface area contributed by atoms with Crippen molar-refractivity contribution >= 4 is 38.6 Å². The van der Waals surface area contributed by atoms with E-state index in [2.05, 4.69) is 89.9 Å². The van der Waals surface area contributed by atoms with E-state index >= 15 is 0 Å². The fraction of sp³-hybridized carbons (Fsp3) is 0. The fourth-order valence-corrected chi connectivity index (χ4v) is 7.64. The summed E-state index contributed by atoms with van der Waals surface area (Å²) in [6.07, 6.45) is 1.87. The molecule has 0 saturated carbocycles. The van der Waals surface area contributed by atoms with Crippen LogP contribution in [0.4, 0.5) is 0 Å². The van der Waals surface area contributed by atoms with Gasteiger partial charge in [-0.05, 0) is 0 Å². The molecule has 0 aliphatic rings. The van der Waals surface area contributed by atoms with Crippen molar-refractivity contribution < 1.29 is 0 Å². The van der Waals surface area contributed by atoms with Crippen molar-refractivity contribution in [2.24, 2.45) is 0 Å². The summed E-state index contributed by atoms with van der Waals surface area (Å²) in [6.45, 7) is 0. The van der Waals surface area contributed by atoms with Gasteiger partial charge in [-0.15, -0.1) is 0 Å². The van der Waals surface area contributed by atoms with Crippen LogP contribution in [0.1, 0.15) is 0 Å². The normalized spacial score (nSPS) is 11.0. The Bertz CT molecular complexity index is 880. The van der Waals surface area contributed by atoms with Crippen LogP contribution in [0.3, 0.4) is 0 Å². The van der Waals surface area contributed by atoms with Crippen molar-refractivity contribution in [2.45, 2.75) is 0 Å². The Kier molecular flexibility index (Phi) is 3.96. The Balaban J connectivity index is 1.90. The molecule has 0 unspecified atom stereocenters. The van der Waals surface area contributed by atoms with Crippen LogP contribution in [-0.4, -0.2) is 19.6 Å². The van der Waals surface area contributed by atoms with E-state index in [0.717, 1.165) is 5.52 Å². The Morgan fingerprint density at radius 2 is 1.22 bits per heavy atom. The second-order valence-electron chi connectivity index (χ2n) is 5.39. The van der Waals surface area contributed by atoms with Crippen LogP contribution < -0.4 is 13.1 Å². The molecule has 0 bridgehead atoms. The van der Waals surface area contributed by atoms with Crippen molar-refractivity contribution in [3.63, 3.8) is 0 Å². The Labute approximate surface area is 140 Å². The molecule has 0 N–H and O–H groups in total. The number of fused-ring (bicyclic) bond motifs is 1. The molecule has 0 amide bonds. The van der Waals surface area contributed by atoms with Crippen LogP contribution in [0, 0.1) is 0 Å². The van der Waals surface area contributed by atoms with Crippen molar-refractivity contribution in [2.75, 3.05) is 0 Å². The summed E-state index contributed by atoms with van der Waals surface area (Å²) in [5.74, 6) is 0. The summed E-state index contributed by atoms with van der Waals surface area (Å²) in [4.78, 5) is 4.53. The summed E-state index contributed by atoms with van der Waals surface area (Å²) in [5, 5.41) is 1.20. The van der Waals surface area contributed by atoms with E-state index in [1.54, 1.807) is 0 Å². The number of hydrogen-bond acceptors (Lipinski definition) is 1. The Morgan fingerprint density at radius 3 is 1.87 bits per heavy atom. The van der Waals surface area contributed by atoms with Gasteiger partial charge in [0.1, 0.15) is 0 Å². The first-order valence-electron chi connectivity index (χ1n) is 7.67. The van der Waals surface area contributed by atoms with E-state index in [4.69, 9.17) is 0 Å². The van der Waals surface area contributed by atoms with Gasteiger partial charge in [0.05, 0.1) is 0 Å². The van der Waals surface area contributed by atoms with Crippen LogP contribution in [0.2, 0.25) is 0 Å². The first-order chi connectivity index (χ1) is 11.4. The van der Waals surface area contributed by atoms with E-state index in [0.29, 0.717) is 0 Å². The van der Waals surface area contributed by atoms with Gasteiger partial charge in [-0.3, -0.25) is 0 Å². The van der Waals surface area contributed by atoms with Gasteiger partial charge < -0.3 is 0 Å². The average molecular weight is 357 g/mol. The quantitative estimate of drug-likeness (QED) is 0.514. The van der Waals surface area contributed by atoms with Gasteiger partial charge in [0.15, 0.2) is 0 Å². The maximum atomic E-state index is 4.53. The molecule has 0 radical (unpaired) electrons. The Hall–Kier alpha value is -2.37. The van der Waals surface area contributed by atoms with Gasteiger partial charge >= 0.3 is 141 Å². The molecule has 23 heavy (non-hydrogen) atoms. The van der Waals surface area contributed by atoms with Gasteiger partial charge in [-0.25, -0.2) is 0 Å². The zero-order valence-electron chi connectivity index (χ0n) is 12.6. The molecular formula is C21H16AsN. The predicted molar refractivity (Wildman–Crippen MR) is 99.3 cm³/mol. The SMILES string of the molecule is c1ccc([As](c2ccccc2)c2ccc3cccnc3c2)cc1. The molecule has 110 valence electrons. The van der Waals surface area contributed by atoms with Crippen molar-refractivity contribution in [3.05, 3.63) is 97.2 Å². The van der Waals surface area contributed by atoms with Crippen molar-refractivity contribution in [1.29, 1.82) is 0 Å². The number of rotatable bonds is 3. The van der Waals surface area contributed by atoms with Gasteiger partial charge in [-0.1, -0.05) is 0 Å². The second-order valence-corrected chi connectivity index (χ2v) is 10.0. The van der Waals surface area contributed by atoms with Gasteiger partial charge in [-0.2, -0.15) is 0 Å². The van der Waals surface area contributed by atoms with Gasteiger partial charge in [0, 0.05) is 0 Å². The van der Waals surface area contributed by atoms with Crippen molar-refractivity contribution in [1.82, 2.24) is 4.98 Å². The summed E-state index contributed by atoms with van der Waals surface area (Å²) in [6, 6.07) is 32.6. The van der Waals surface area contributed by atoms with E-state index in [1.807, 2.05) is 12.3 Å². The summed E-state index contributed by atoms with van der Waals surface area (Å²) in [5.41, 5.74) is 1.08. The summed E-state index contributed by atoms with van der Waals surface area (Å²) >= 11 is -1.54. The molecule has 3 aromatic carbocycles. The minimum absolute atomic E-state index is 1.08. The minimum atomic E-state index is -1.54. The molecule has 1 nitrogen and oxygen atoms in total. The molecule has 0 aliphatic carbocycles. The monoisotopic (exact) mass is 357 g/mol. The van der Waals surface area contributed by atoms with Crippen LogP contribution in [-0.2, 0) is 0 Å². The van der Waals surface area contributed by atoms with E-state index in [-0.39, 0.29) is 0 Å². The molecule has 0 atom stereocenters. The first kappa shape index (κ1) is 14.2. The molecule has 0 fully saturated rings. The Morgan fingerprint density at radius 1 is 0.565 bits per heavy atom. The molecular weight excluding hydrogens is 341 g/mol. The number of nitrogens with zero attached hydrogens (tertiary/aromatic N) is 1. The molecule has 0 aliphatic heterocycles. The molecule has 0 saturated heterocycles.